The van der Waals surface area contributed by atoms with E-state index in [4.69, 9.17) is 4.74 Å². The van der Waals surface area contributed by atoms with E-state index in [1.807, 2.05) is 18.2 Å². The number of methoxy groups -OCH3 is 1. The Morgan fingerprint density at radius 3 is 2.78 bits per heavy atom. The van der Waals surface area contributed by atoms with Crippen molar-refractivity contribution in [1.29, 1.82) is 0 Å². The van der Waals surface area contributed by atoms with Gasteiger partial charge in [0.2, 0.25) is 0 Å². The lowest BCUT2D eigenvalue weighted by molar-refractivity contribution is 0.0940. The quantitative estimate of drug-likeness (QED) is 0.919. The van der Waals surface area contributed by atoms with Gasteiger partial charge in [-0.3, -0.25) is 9.78 Å². The Hall–Kier alpha value is -2.15. The van der Waals surface area contributed by atoms with Gasteiger partial charge in [0.15, 0.2) is 9.84 Å². The van der Waals surface area contributed by atoms with Crippen LogP contribution in [-0.2, 0) is 9.84 Å². The lowest BCUT2D eigenvalue weighted by atomic mass is 10.1. The molecule has 0 bridgehead atoms. The predicted molar refractivity (Wildman–Crippen MR) is 87.6 cm³/mol. The fraction of sp³-hybridized carbons (Fsp3) is 0.375. The van der Waals surface area contributed by atoms with Gasteiger partial charge in [0.25, 0.3) is 5.91 Å². The SMILES string of the molecule is COc1ccc2cc(C(=O)NC3CCS(=O)(=O)C3)c(C)nc2c1. The molecule has 1 unspecified atom stereocenters. The lowest BCUT2D eigenvalue weighted by Gasteiger charge is -2.13. The van der Waals surface area contributed by atoms with Crippen molar-refractivity contribution in [2.45, 2.75) is 19.4 Å². The molecule has 122 valence electrons. The van der Waals surface area contributed by atoms with Crippen molar-refractivity contribution < 1.29 is 17.9 Å². The minimum absolute atomic E-state index is 0.00992. The standard InChI is InChI=1S/C16H18N2O4S/c1-10-14(16(19)18-12-5-6-23(20,21)9-12)7-11-3-4-13(22-2)8-15(11)17-10/h3-4,7-8,12H,5-6,9H2,1-2H3,(H,18,19). The topological polar surface area (TPSA) is 85.4 Å². The summed E-state index contributed by atoms with van der Waals surface area (Å²) in [4.78, 5) is 16.9. The van der Waals surface area contributed by atoms with E-state index in [1.54, 1.807) is 20.1 Å². The van der Waals surface area contributed by atoms with Crippen molar-refractivity contribution in [3.63, 3.8) is 0 Å². The number of carbonyl (C=O) groups is 1. The summed E-state index contributed by atoms with van der Waals surface area (Å²) in [6.45, 7) is 1.76. The van der Waals surface area contributed by atoms with E-state index in [0.29, 0.717) is 23.4 Å². The van der Waals surface area contributed by atoms with Crippen molar-refractivity contribution in [1.82, 2.24) is 10.3 Å². The number of pyridine rings is 1. The zero-order valence-electron chi connectivity index (χ0n) is 13.0. The van der Waals surface area contributed by atoms with E-state index in [9.17, 15) is 13.2 Å². The molecule has 3 rings (SSSR count). The van der Waals surface area contributed by atoms with Crippen LogP contribution in [0.15, 0.2) is 24.3 Å². The van der Waals surface area contributed by atoms with Gasteiger partial charge in [0.05, 0.1) is 35.4 Å². The van der Waals surface area contributed by atoms with Gasteiger partial charge in [-0.15, -0.1) is 0 Å². The first kappa shape index (κ1) is 15.7. The van der Waals surface area contributed by atoms with Gasteiger partial charge < -0.3 is 10.1 Å². The molecule has 1 aliphatic heterocycles. The van der Waals surface area contributed by atoms with Crippen molar-refractivity contribution >= 4 is 26.6 Å². The third kappa shape index (κ3) is 3.29. The first-order valence-electron chi connectivity index (χ1n) is 7.34. The molecule has 0 radical (unpaired) electrons. The number of benzene rings is 1. The number of hydrogen-bond donors (Lipinski definition) is 1. The van der Waals surface area contributed by atoms with Gasteiger partial charge in [-0.05, 0) is 31.5 Å². The molecular formula is C16H18N2O4S. The van der Waals surface area contributed by atoms with Crippen molar-refractivity contribution in [3.05, 3.63) is 35.5 Å². The Morgan fingerprint density at radius 2 is 2.13 bits per heavy atom. The van der Waals surface area contributed by atoms with Gasteiger partial charge in [0.1, 0.15) is 5.75 Å². The lowest BCUT2D eigenvalue weighted by Crippen LogP contribution is -2.36. The number of aromatic nitrogens is 1. The van der Waals surface area contributed by atoms with Crippen molar-refractivity contribution in [3.8, 4) is 5.75 Å². The Balaban J connectivity index is 1.87. The van der Waals surface area contributed by atoms with E-state index in [0.717, 1.165) is 10.9 Å². The summed E-state index contributed by atoms with van der Waals surface area (Å²) in [5, 5.41) is 3.63. The maximum Gasteiger partial charge on any atom is 0.253 e. The van der Waals surface area contributed by atoms with Crippen LogP contribution in [0.5, 0.6) is 5.75 Å². The number of nitrogens with zero attached hydrogens (tertiary/aromatic N) is 1. The van der Waals surface area contributed by atoms with E-state index in [2.05, 4.69) is 10.3 Å². The molecule has 1 saturated heterocycles. The normalized spacial score (nSPS) is 19.7. The molecule has 2 aromatic rings. The highest BCUT2D eigenvalue weighted by atomic mass is 32.2. The second kappa shape index (κ2) is 5.81. The maximum absolute atomic E-state index is 12.4. The average molecular weight is 334 g/mol. The van der Waals surface area contributed by atoms with Gasteiger partial charge in [-0.2, -0.15) is 0 Å². The minimum Gasteiger partial charge on any atom is -0.497 e. The number of ether oxygens (including phenoxy) is 1. The van der Waals surface area contributed by atoms with E-state index in [-0.39, 0.29) is 23.5 Å². The molecule has 1 atom stereocenters. The summed E-state index contributed by atoms with van der Waals surface area (Å²) < 4.78 is 28.1. The molecule has 0 saturated carbocycles. The summed E-state index contributed by atoms with van der Waals surface area (Å²) in [6.07, 6.45) is 0.464. The second-order valence-corrected chi connectivity index (χ2v) is 7.98. The Kier molecular flexibility index (Phi) is 3.97. The van der Waals surface area contributed by atoms with Gasteiger partial charge in [0, 0.05) is 17.5 Å². The maximum atomic E-state index is 12.4. The Morgan fingerprint density at radius 1 is 1.35 bits per heavy atom. The minimum atomic E-state index is -3.02. The first-order chi connectivity index (χ1) is 10.9. The highest BCUT2D eigenvalue weighted by molar-refractivity contribution is 7.91. The van der Waals surface area contributed by atoms with E-state index in [1.165, 1.54) is 0 Å². The highest BCUT2D eigenvalue weighted by Gasteiger charge is 2.29. The van der Waals surface area contributed by atoms with Crippen LogP contribution in [0.3, 0.4) is 0 Å². The van der Waals surface area contributed by atoms with Crippen LogP contribution < -0.4 is 10.1 Å². The predicted octanol–water partition coefficient (Wildman–Crippen LogP) is 1.47. The van der Waals surface area contributed by atoms with Crippen LogP contribution in [0.4, 0.5) is 0 Å². The summed E-state index contributed by atoms with van der Waals surface area (Å²) in [5.41, 5.74) is 1.82. The first-order valence-corrected chi connectivity index (χ1v) is 9.17. The van der Waals surface area contributed by atoms with Crippen molar-refractivity contribution in [2.24, 2.45) is 0 Å². The highest BCUT2D eigenvalue weighted by Crippen LogP contribution is 2.22. The van der Waals surface area contributed by atoms with Crippen LogP contribution in [0.25, 0.3) is 10.9 Å². The fourth-order valence-electron chi connectivity index (χ4n) is 2.77. The van der Waals surface area contributed by atoms with Gasteiger partial charge in [-0.25, -0.2) is 8.42 Å². The number of fused-ring (bicyclic) bond motifs is 1. The zero-order valence-corrected chi connectivity index (χ0v) is 13.8. The number of aryl methyl sites for hydroxylation is 1. The molecule has 1 aromatic heterocycles. The third-order valence-corrected chi connectivity index (χ3v) is 5.80. The molecule has 0 spiro atoms. The van der Waals surface area contributed by atoms with Crippen LogP contribution in [0.1, 0.15) is 22.5 Å². The van der Waals surface area contributed by atoms with Crippen molar-refractivity contribution in [2.75, 3.05) is 18.6 Å². The molecule has 1 amide bonds. The summed E-state index contributed by atoms with van der Waals surface area (Å²) in [7, 11) is -1.43. The number of carbonyl (C=O) groups excluding carboxylic acids is 1. The molecule has 1 N–H and O–H groups in total. The number of rotatable bonds is 3. The zero-order chi connectivity index (χ0) is 16.6. The molecule has 0 aliphatic carbocycles. The van der Waals surface area contributed by atoms with Crippen LogP contribution >= 0.6 is 0 Å². The molecular weight excluding hydrogens is 316 g/mol. The van der Waals surface area contributed by atoms with Crippen LogP contribution in [-0.4, -0.2) is 44.0 Å². The van der Waals surface area contributed by atoms with Gasteiger partial charge >= 0.3 is 0 Å². The monoisotopic (exact) mass is 334 g/mol. The average Bonchev–Trinajstić information content (AvgIpc) is 2.84. The van der Waals surface area contributed by atoms with Crippen LogP contribution in [0, 0.1) is 6.92 Å². The van der Waals surface area contributed by atoms with Crippen LogP contribution in [0.2, 0.25) is 0 Å². The number of sulfone groups is 1. The Bertz CT molecular complexity index is 877. The smallest absolute Gasteiger partial charge is 0.253 e. The molecule has 23 heavy (non-hydrogen) atoms. The molecule has 1 fully saturated rings. The molecule has 1 aliphatic rings. The summed E-state index contributed by atoms with van der Waals surface area (Å²) >= 11 is 0. The van der Waals surface area contributed by atoms with E-state index >= 15 is 0 Å². The molecule has 6 nitrogen and oxygen atoms in total. The number of hydrogen-bond acceptors (Lipinski definition) is 5. The molecule has 2 heterocycles. The Labute approximate surface area is 134 Å². The largest absolute Gasteiger partial charge is 0.497 e. The molecule has 1 aromatic carbocycles. The number of nitrogens with one attached hydrogen (secondary N) is 1. The molecule has 7 heteroatoms. The fourth-order valence-corrected chi connectivity index (χ4v) is 4.45. The van der Waals surface area contributed by atoms with E-state index < -0.39 is 9.84 Å². The van der Waals surface area contributed by atoms with Gasteiger partial charge in [-0.1, -0.05) is 0 Å². The summed E-state index contributed by atoms with van der Waals surface area (Å²) in [5.74, 6) is 0.565. The number of amides is 1. The second-order valence-electron chi connectivity index (χ2n) is 5.75. The summed E-state index contributed by atoms with van der Waals surface area (Å²) in [6, 6.07) is 6.92. The third-order valence-electron chi connectivity index (χ3n) is 4.03.